The second-order valence-electron chi connectivity index (χ2n) is 6.62. The number of hydrogen-bond acceptors (Lipinski definition) is 4. The van der Waals surface area contributed by atoms with E-state index in [4.69, 9.17) is 4.74 Å². The fraction of sp³-hybridized carbons (Fsp3) is 0.300. The second kappa shape index (κ2) is 6.78. The van der Waals surface area contributed by atoms with Crippen molar-refractivity contribution in [2.75, 3.05) is 13.2 Å². The number of benzene rings is 2. The van der Waals surface area contributed by atoms with Crippen LogP contribution in [0.5, 0.6) is 0 Å². The zero-order valence-corrected chi connectivity index (χ0v) is 13.9. The highest BCUT2D eigenvalue weighted by atomic mass is 16.6. The van der Waals surface area contributed by atoms with E-state index in [0.717, 1.165) is 18.5 Å². The molecule has 2 aromatic carbocycles. The highest BCUT2D eigenvalue weighted by Crippen LogP contribution is 2.34. The van der Waals surface area contributed by atoms with Crippen molar-refractivity contribution in [1.82, 2.24) is 4.90 Å². The highest BCUT2D eigenvalue weighted by molar-refractivity contribution is 5.69. The van der Waals surface area contributed by atoms with E-state index >= 15 is 0 Å². The summed E-state index contributed by atoms with van der Waals surface area (Å²) in [4.78, 5) is 13.2. The predicted molar refractivity (Wildman–Crippen MR) is 96.1 cm³/mol. The molecule has 2 aliphatic rings. The number of morpholine rings is 1. The van der Waals surface area contributed by atoms with Gasteiger partial charge in [0.15, 0.2) is 0 Å². The van der Waals surface area contributed by atoms with Gasteiger partial charge in [-0.3, -0.25) is 15.0 Å². The molecule has 2 unspecified atom stereocenters. The number of hydrogen-bond donors (Lipinski definition) is 0. The van der Waals surface area contributed by atoms with Crippen LogP contribution in [0.4, 0.5) is 5.69 Å². The molecule has 2 atom stereocenters. The summed E-state index contributed by atoms with van der Waals surface area (Å²) in [6.45, 7) is 2.27. The lowest BCUT2D eigenvalue weighted by atomic mass is 9.89. The molecule has 5 heteroatoms. The van der Waals surface area contributed by atoms with E-state index < -0.39 is 0 Å². The molecule has 0 amide bonds. The van der Waals surface area contributed by atoms with Crippen LogP contribution in [0.2, 0.25) is 0 Å². The fourth-order valence-electron chi connectivity index (χ4n) is 3.74. The molecular formula is C20H20N2O3. The van der Waals surface area contributed by atoms with Crippen molar-refractivity contribution in [3.63, 3.8) is 0 Å². The van der Waals surface area contributed by atoms with Crippen LogP contribution in [0, 0.1) is 10.1 Å². The summed E-state index contributed by atoms with van der Waals surface area (Å²) < 4.78 is 5.76. The summed E-state index contributed by atoms with van der Waals surface area (Å²) in [6, 6.07) is 17.9. The van der Waals surface area contributed by atoms with Gasteiger partial charge >= 0.3 is 0 Å². The molecule has 1 fully saturated rings. The van der Waals surface area contributed by atoms with Gasteiger partial charge in [0, 0.05) is 24.7 Å². The van der Waals surface area contributed by atoms with E-state index in [1.165, 1.54) is 11.1 Å². The lowest BCUT2D eigenvalue weighted by Gasteiger charge is -2.44. The van der Waals surface area contributed by atoms with E-state index in [1.54, 1.807) is 18.2 Å². The summed E-state index contributed by atoms with van der Waals surface area (Å²) in [5.41, 5.74) is 3.58. The first-order valence-corrected chi connectivity index (χ1v) is 8.53. The van der Waals surface area contributed by atoms with Crippen LogP contribution in [-0.2, 0) is 11.3 Å². The minimum atomic E-state index is -0.335. The van der Waals surface area contributed by atoms with Gasteiger partial charge in [0.2, 0.25) is 0 Å². The van der Waals surface area contributed by atoms with Crippen molar-refractivity contribution >= 4 is 11.3 Å². The van der Waals surface area contributed by atoms with E-state index in [2.05, 4.69) is 35.2 Å². The average Bonchev–Trinajstić information content (AvgIpc) is 2.62. The van der Waals surface area contributed by atoms with E-state index in [1.807, 2.05) is 12.1 Å². The Morgan fingerprint density at radius 1 is 1.12 bits per heavy atom. The average molecular weight is 336 g/mol. The first-order chi connectivity index (χ1) is 12.2. The summed E-state index contributed by atoms with van der Waals surface area (Å²) in [5.74, 6) is 0. The largest absolute Gasteiger partial charge is 0.378 e. The maximum atomic E-state index is 11.0. The molecule has 0 spiro atoms. The Morgan fingerprint density at radius 2 is 1.96 bits per heavy atom. The van der Waals surface area contributed by atoms with Crippen molar-refractivity contribution in [2.24, 2.45) is 0 Å². The van der Waals surface area contributed by atoms with Gasteiger partial charge in [0.05, 0.1) is 24.2 Å². The standard InChI is InChI=1S/C20H20N2O3/c23-22(24)18-8-4-7-16(9-18)17-10-19-13-25-14-20(11-17)21(19)12-15-5-2-1-3-6-15/h1-10,19-20H,11-14H2. The quantitative estimate of drug-likeness (QED) is 0.632. The van der Waals surface area contributed by atoms with Crippen LogP contribution in [0.25, 0.3) is 5.57 Å². The molecular weight excluding hydrogens is 316 g/mol. The zero-order valence-electron chi connectivity index (χ0n) is 13.9. The molecule has 2 heterocycles. The maximum Gasteiger partial charge on any atom is 0.270 e. The van der Waals surface area contributed by atoms with Gasteiger partial charge in [-0.05, 0) is 23.1 Å². The van der Waals surface area contributed by atoms with Gasteiger partial charge in [-0.25, -0.2) is 0 Å². The second-order valence-corrected chi connectivity index (χ2v) is 6.62. The van der Waals surface area contributed by atoms with Gasteiger partial charge < -0.3 is 4.74 Å². The molecule has 0 aromatic heterocycles. The molecule has 0 aliphatic carbocycles. The summed E-state index contributed by atoms with van der Waals surface area (Å²) in [7, 11) is 0. The molecule has 4 rings (SSSR count). The summed E-state index contributed by atoms with van der Waals surface area (Å²) >= 11 is 0. The van der Waals surface area contributed by atoms with Crippen molar-refractivity contribution < 1.29 is 9.66 Å². The number of fused-ring (bicyclic) bond motifs is 2. The number of non-ortho nitro benzene ring substituents is 1. The Balaban J connectivity index is 1.61. The van der Waals surface area contributed by atoms with E-state index in [-0.39, 0.29) is 16.7 Å². The van der Waals surface area contributed by atoms with Crippen LogP contribution in [0.15, 0.2) is 60.7 Å². The smallest absolute Gasteiger partial charge is 0.270 e. The van der Waals surface area contributed by atoms with Crippen LogP contribution in [0.3, 0.4) is 0 Å². The summed E-state index contributed by atoms with van der Waals surface area (Å²) in [6.07, 6.45) is 3.07. The molecule has 2 aromatic rings. The molecule has 5 nitrogen and oxygen atoms in total. The SMILES string of the molecule is O=[N+]([O-])c1cccc(C2=CC3COCC(C2)N3Cc2ccccc2)c1. The van der Waals surface area contributed by atoms with Gasteiger partial charge in [-0.2, -0.15) is 0 Å². The normalized spacial score (nSPS) is 23.1. The third-order valence-corrected chi connectivity index (χ3v) is 4.98. The third-order valence-electron chi connectivity index (χ3n) is 4.98. The van der Waals surface area contributed by atoms with Gasteiger partial charge in [0.25, 0.3) is 5.69 Å². The number of nitrogens with zero attached hydrogens (tertiary/aromatic N) is 2. The lowest BCUT2D eigenvalue weighted by molar-refractivity contribution is -0.384. The lowest BCUT2D eigenvalue weighted by Crippen LogP contribution is -2.53. The number of ether oxygens (including phenoxy) is 1. The topological polar surface area (TPSA) is 55.6 Å². The Hall–Kier alpha value is -2.50. The molecule has 1 saturated heterocycles. The van der Waals surface area contributed by atoms with Crippen LogP contribution >= 0.6 is 0 Å². The number of nitro groups is 1. The maximum absolute atomic E-state index is 11.0. The number of rotatable bonds is 4. The van der Waals surface area contributed by atoms with Crippen molar-refractivity contribution in [3.05, 3.63) is 81.9 Å². The monoisotopic (exact) mass is 336 g/mol. The van der Waals surface area contributed by atoms with Crippen LogP contribution < -0.4 is 0 Å². The first-order valence-electron chi connectivity index (χ1n) is 8.53. The van der Waals surface area contributed by atoms with Crippen LogP contribution in [0.1, 0.15) is 17.5 Å². The molecule has 128 valence electrons. The Bertz CT molecular complexity index is 804. The van der Waals surface area contributed by atoms with Crippen molar-refractivity contribution in [3.8, 4) is 0 Å². The van der Waals surface area contributed by atoms with Crippen LogP contribution in [-0.4, -0.2) is 35.1 Å². The van der Waals surface area contributed by atoms with E-state index in [9.17, 15) is 10.1 Å². The molecule has 25 heavy (non-hydrogen) atoms. The summed E-state index contributed by atoms with van der Waals surface area (Å²) in [5, 5.41) is 11.0. The highest BCUT2D eigenvalue weighted by Gasteiger charge is 2.35. The molecule has 0 saturated carbocycles. The zero-order chi connectivity index (χ0) is 17.2. The molecule has 2 bridgehead atoms. The predicted octanol–water partition coefficient (Wildman–Crippen LogP) is 3.65. The van der Waals surface area contributed by atoms with E-state index in [0.29, 0.717) is 19.3 Å². The first kappa shape index (κ1) is 16.0. The van der Waals surface area contributed by atoms with Gasteiger partial charge in [-0.1, -0.05) is 48.5 Å². The Morgan fingerprint density at radius 3 is 2.72 bits per heavy atom. The fourth-order valence-corrected chi connectivity index (χ4v) is 3.74. The molecule has 0 radical (unpaired) electrons. The van der Waals surface area contributed by atoms with Crippen molar-refractivity contribution in [2.45, 2.75) is 25.0 Å². The molecule has 0 N–H and O–H groups in total. The Kier molecular flexibility index (Phi) is 4.34. The van der Waals surface area contributed by atoms with Crippen molar-refractivity contribution in [1.29, 1.82) is 0 Å². The third kappa shape index (κ3) is 3.34. The Labute approximate surface area is 146 Å². The number of nitro benzene ring substituents is 1. The van der Waals surface area contributed by atoms with Gasteiger partial charge in [0.1, 0.15) is 0 Å². The minimum absolute atomic E-state index is 0.145. The van der Waals surface area contributed by atoms with Gasteiger partial charge in [-0.15, -0.1) is 0 Å². The minimum Gasteiger partial charge on any atom is -0.378 e. The molecule has 2 aliphatic heterocycles.